The standard InChI is InChI=1S/C24H32N2O5S/c1-7-30-17-9-12-22(31-8-2)20(13-17)25-32(28,29)18-10-11-21-19(14-18)24(5,6)15-26(21)23(27)16(3)4/h9-14,16,25H,7-8,15H2,1-6H3. The third-order valence-corrected chi connectivity index (χ3v) is 6.78. The highest BCUT2D eigenvalue weighted by atomic mass is 32.2. The lowest BCUT2D eigenvalue weighted by Gasteiger charge is -2.22. The van der Waals surface area contributed by atoms with E-state index >= 15 is 0 Å². The van der Waals surface area contributed by atoms with Crippen LogP contribution in [0.4, 0.5) is 11.4 Å². The summed E-state index contributed by atoms with van der Waals surface area (Å²) in [6.07, 6.45) is 0. The summed E-state index contributed by atoms with van der Waals surface area (Å²) >= 11 is 0. The Morgan fingerprint density at radius 2 is 1.78 bits per heavy atom. The van der Waals surface area contributed by atoms with Crippen LogP contribution in [-0.2, 0) is 20.2 Å². The number of nitrogens with one attached hydrogen (secondary N) is 1. The molecule has 0 saturated heterocycles. The van der Waals surface area contributed by atoms with Crippen LogP contribution in [0.2, 0.25) is 0 Å². The van der Waals surface area contributed by atoms with E-state index in [-0.39, 0.29) is 22.1 Å². The maximum Gasteiger partial charge on any atom is 0.262 e. The Balaban J connectivity index is 1.99. The Kier molecular flexibility index (Phi) is 6.74. The van der Waals surface area contributed by atoms with E-state index in [1.807, 2.05) is 41.5 Å². The number of hydrogen-bond acceptors (Lipinski definition) is 5. The van der Waals surface area contributed by atoms with Crippen molar-refractivity contribution in [3.63, 3.8) is 0 Å². The van der Waals surface area contributed by atoms with Crippen molar-refractivity contribution in [2.24, 2.45) is 5.92 Å². The van der Waals surface area contributed by atoms with Gasteiger partial charge in [-0.15, -0.1) is 0 Å². The topological polar surface area (TPSA) is 84.9 Å². The number of carbonyl (C=O) groups is 1. The van der Waals surface area contributed by atoms with Crippen LogP contribution in [-0.4, -0.2) is 34.1 Å². The molecule has 0 saturated carbocycles. The monoisotopic (exact) mass is 460 g/mol. The van der Waals surface area contributed by atoms with Gasteiger partial charge in [0, 0.05) is 29.6 Å². The van der Waals surface area contributed by atoms with Gasteiger partial charge in [-0.2, -0.15) is 0 Å². The third-order valence-electron chi connectivity index (χ3n) is 5.42. The van der Waals surface area contributed by atoms with Crippen LogP contribution < -0.4 is 19.1 Å². The normalized spacial score (nSPS) is 14.9. The number of fused-ring (bicyclic) bond motifs is 1. The van der Waals surface area contributed by atoms with Gasteiger partial charge < -0.3 is 14.4 Å². The molecule has 1 N–H and O–H groups in total. The van der Waals surface area contributed by atoms with E-state index in [0.29, 0.717) is 36.9 Å². The summed E-state index contributed by atoms with van der Waals surface area (Å²) in [5.74, 6) is 0.859. The minimum atomic E-state index is -3.90. The summed E-state index contributed by atoms with van der Waals surface area (Å²) in [6.45, 7) is 12.8. The van der Waals surface area contributed by atoms with Gasteiger partial charge in [0.05, 0.1) is 23.8 Å². The first-order valence-corrected chi connectivity index (χ1v) is 12.4. The molecule has 1 aliphatic rings. The number of carbonyl (C=O) groups excluding carboxylic acids is 1. The van der Waals surface area contributed by atoms with Crippen molar-refractivity contribution in [3.8, 4) is 11.5 Å². The molecular weight excluding hydrogens is 428 g/mol. The predicted octanol–water partition coefficient (Wildman–Crippen LogP) is 4.57. The van der Waals surface area contributed by atoms with Crippen LogP contribution in [0.5, 0.6) is 11.5 Å². The molecular formula is C24H32N2O5S. The second-order valence-electron chi connectivity index (χ2n) is 8.77. The summed E-state index contributed by atoms with van der Waals surface area (Å²) in [5, 5.41) is 0. The molecule has 1 heterocycles. The average molecular weight is 461 g/mol. The zero-order chi connectivity index (χ0) is 23.7. The van der Waals surface area contributed by atoms with Gasteiger partial charge in [-0.1, -0.05) is 27.7 Å². The number of rotatable bonds is 8. The lowest BCUT2D eigenvalue weighted by Crippen LogP contribution is -2.36. The molecule has 32 heavy (non-hydrogen) atoms. The van der Waals surface area contributed by atoms with Gasteiger partial charge in [-0.3, -0.25) is 9.52 Å². The van der Waals surface area contributed by atoms with E-state index in [2.05, 4.69) is 4.72 Å². The summed E-state index contributed by atoms with van der Waals surface area (Å²) in [6, 6.07) is 9.97. The number of benzene rings is 2. The molecule has 0 spiro atoms. The molecule has 3 rings (SSSR count). The van der Waals surface area contributed by atoms with Gasteiger partial charge in [0.25, 0.3) is 10.0 Å². The number of anilines is 2. The van der Waals surface area contributed by atoms with Gasteiger partial charge in [-0.25, -0.2) is 8.42 Å². The summed E-state index contributed by atoms with van der Waals surface area (Å²) in [4.78, 5) is 14.6. The fourth-order valence-electron chi connectivity index (χ4n) is 3.86. The van der Waals surface area contributed by atoms with E-state index in [1.54, 1.807) is 35.2 Å². The van der Waals surface area contributed by atoms with Crippen LogP contribution in [0.3, 0.4) is 0 Å². The highest BCUT2D eigenvalue weighted by Gasteiger charge is 2.39. The lowest BCUT2D eigenvalue weighted by molar-refractivity contribution is -0.121. The zero-order valence-electron chi connectivity index (χ0n) is 19.6. The van der Waals surface area contributed by atoms with Gasteiger partial charge in [-0.05, 0) is 49.7 Å². The Bertz CT molecular complexity index is 1110. The van der Waals surface area contributed by atoms with Crippen LogP contribution >= 0.6 is 0 Å². The second kappa shape index (κ2) is 9.02. The zero-order valence-corrected chi connectivity index (χ0v) is 20.4. The number of amides is 1. The first-order valence-electron chi connectivity index (χ1n) is 10.9. The molecule has 0 bridgehead atoms. The van der Waals surface area contributed by atoms with Crippen molar-refractivity contribution < 1.29 is 22.7 Å². The second-order valence-corrected chi connectivity index (χ2v) is 10.5. The fourth-order valence-corrected chi connectivity index (χ4v) is 4.95. The average Bonchev–Trinajstić information content (AvgIpc) is 3.00. The molecule has 0 fully saturated rings. The summed E-state index contributed by atoms with van der Waals surface area (Å²) < 4.78 is 40.3. The van der Waals surface area contributed by atoms with Crippen molar-refractivity contribution in [1.29, 1.82) is 0 Å². The van der Waals surface area contributed by atoms with E-state index in [1.165, 1.54) is 6.07 Å². The molecule has 174 valence electrons. The van der Waals surface area contributed by atoms with Gasteiger partial charge in [0.2, 0.25) is 5.91 Å². The number of ether oxygens (including phenoxy) is 2. The molecule has 7 nitrogen and oxygen atoms in total. The Labute approximate surface area is 190 Å². The molecule has 1 amide bonds. The molecule has 8 heteroatoms. The number of hydrogen-bond donors (Lipinski definition) is 1. The lowest BCUT2D eigenvalue weighted by atomic mass is 9.87. The molecule has 0 aliphatic carbocycles. The van der Waals surface area contributed by atoms with Crippen molar-refractivity contribution >= 4 is 27.3 Å². The van der Waals surface area contributed by atoms with E-state index in [0.717, 1.165) is 11.3 Å². The van der Waals surface area contributed by atoms with Crippen LogP contribution in [0.15, 0.2) is 41.3 Å². The Morgan fingerprint density at radius 3 is 2.41 bits per heavy atom. The summed E-state index contributed by atoms with van der Waals surface area (Å²) in [5.41, 5.74) is 1.55. The smallest absolute Gasteiger partial charge is 0.262 e. The Morgan fingerprint density at radius 1 is 1.09 bits per heavy atom. The molecule has 0 atom stereocenters. The van der Waals surface area contributed by atoms with Crippen molar-refractivity contribution in [1.82, 2.24) is 0 Å². The number of sulfonamides is 1. The van der Waals surface area contributed by atoms with Gasteiger partial charge in [0.1, 0.15) is 11.5 Å². The quantitative estimate of drug-likeness (QED) is 0.624. The number of nitrogens with zero attached hydrogens (tertiary/aromatic N) is 1. The molecule has 2 aromatic carbocycles. The minimum absolute atomic E-state index is 0.0275. The first kappa shape index (κ1) is 23.9. The maximum atomic E-state index is 13.3. The predicted molar refractivity (Wildman–Crippen MR) is 126 cm³/mol. The highest BCUT2D eigenvalue weighted by molar-refractivity contribution is 7.92. The third kappa shape index (κ3) is 4.70. The molecule has 0 aromatic heterocycles. The highest BCUT2D eigenvalue weighted by Crippen LogP contribution is 2.42. The Hall–Kier alpha value is -2.74. The van der Waals surface area contributed by atoms with Crippen LogP contribution in [0.25, 0.3) is 0 Å². The SMILES string of the molecule is CCOc1ccc(OCC)c(NS(=O)(=O)c2ccc3c(c2)C(C)(C)CN3C(=O)C(C)C)c1. The van der Waals surface area contributed by atoms with E-state index in [4.69, 9.17) is 9.47 Å². The fraction of sp³-hybridized carbons (Fsp3) is 0.458. The van der Waals surface area contributed by atoms with Crippen molar-refractivity contribution in [3.05, 3.63) is 42.0 Å². The maximum absolute atomic E-state index is 13.3. The van der Waals surface area contributed by atoms with Crippen molar-refractivity contribution in [2.75, 3.05) is 29.4 Å². The van der Waals surface area contributed by atoms with E-state index < -0.39 is 10.0 Å². The van der Waals surface area contributed by atoms with Crippen LogP contribution in [0.1, 0.15) is 47.1 Å². The molecule has 2 aromatic rings. The van der Waals surface area contributed by atoms with Crippen LogP contribution in [0, 0.1) is 5.92 Å². The first-order chi connectivity index (χ1) is 15.0. The molecule has 0 unspecified atom stereocenters. The molecule has 1 aliphatic heterocycles. The minimum Gasteiger partial charge on any atom is -0.494 e. The van der Waals surface area contributed by atoms with E-state index in [9.17, 15) is 13.2 Å². The largest absolute Gasteiger partial charge is 0.494 e. The van der Waals surface area contributed by atoms with Gasteiger partial charge in [0.15, 0.2) is 0 Å². The van der Waals surface area contributed by atoms with Gasteiger partial charge >= 0.3 is 0 Å². The molecule has 0 radical (unpaired) electrons. The summed E-state index contributed by atoms with van der Waals surface area (Å²) in [7, 11) is -3.90. The van der Waals surface area contributed by atoms with Crippen molar-refractivity contribution in [2.45, 2.75) is 51.9 Å².